The Labute approximate surface area is 121 Å². The summed E-state index contributed by atoms with van der Waals surface area (Å²) in [6, 6.07) is 1.96. The van der Waals surface area contributed by atoms with Crippen LogP contribution in [-0.2, 0) is 22.6 Å². The second-order valence-electron chi connectivity index (χ2n) is 6.46. The third kappa shape index (κ3) is 5.61. The average molecular weight is 282 g/mol. The maximum atomic E-state index is 5.71. The lowest BCUT2D eigenvalue weighted by Gasteiger charge is -2.21. The third-order valence-corrected chi connectivity index (χ3v) is 3.35. The Morgan fingerprint density at radius 3 is 2.80 bits per heavy atom. The van der Waals surface area contributed by atoms with Crippen molar-refractivity contribution in [3.05, 3.63) is 17.5 Å². The van der Waals surface area contributed by atoms with Gasteiger partial charge in [0.1, 0.15) is 6.61 Å². The number of ether oxygens (including phenoxy) is 2. The molecule has 0 saturated carbocycles. The van der Waals surface area contributed by atoms with Gasteiger partial charge in [-0.1, -0.05) is 5.16 Å². The Bertz CT molecular complexity index is 392. The summed E-state index contributed by atoms with van der Waals surface area (Å²) in [4.78, 5) is 0. The highest BCUT2D eigenvalue weighted by molar-refractivity contribution is 5.04. The zero-order valence-electron chi connectivity index (χ0n) is 12.8. The van der Waals surface area contributed by atoms with E-state index in [4.69, 9.17) is 14.0 Å². The van der Waals surface area contributed by atoms with Gasteiger partial charge >= 0.3 is 0 Å². The fraction of sp³-hybridized carbons (Fsp3) is 0.800. The lowest BCUT2D eigenvalue weighted by Crippen LogP contribution is -2.35. The topological polar surface area (TPSA) is 56.5 Å². The number of hydrogen-bond donors (Lipinski definition) is 1. The molecule has 1 aromatic heterocycles. The molecule has 0 radical (unpaired) electrons. The van der Waals surface area contributed by atoms with Crippen molar-refractivity contribution in [2.24, 2.45) is 5.92 Å². The average Bonchev–Trinajstić information content (AvgIpc) is 2.85. The SMILES string of the molecule is CC(C)(C)NCc1cc(COCC2CCOCC2)on1. The van der Waals surface area contributed by atoms with E-state index in [1.165, 1.54) is 0 Å². The van der Waals surface area contributed by atoms with Crippen molar-refractivity contribution in [1.82, 2.24) is 10.5 Å². The third-order valence-electron chi connectivity index (χ3n) is 3.35. The van der Waals surface area contributed by atoms with Gasteiger partial charge in [0, 0.05) is 31.4 Å². The van der Waals surface area contributed by atoms with Gasteiger partial charge in [-0.25, -0.2) is 0 Å². The van der Waals surface area contributed by atoms with Crippen LogP contribution in [0.5, 0.6) is 0 Å². The highest BCUT2D eigenvalue weighted by atomic mass is 16.5. The van der Waals surface area contributed by atoms with Gasteiger partial charge in [0.05, 0.1) is 12.3 Å². The molecule has 0 spiro atoms. The molecule has 1 aliphatic heterocycles. The lowest BCUT2D eigenvalue weighted by molar-refractivity contribution is 0.0109. The summed E-state index contributed by atoms with van der Waals surface area (Å²) in [6.07, 6.45) is 2.19. The second-order valence-corrected chi connectivity index (χ2v) is 6.46. The van der Waals surface area contributed by atoms with Crippen molar-refractivity contribution >= 4 is 0 Å². The predicted molar refractivity (Wildman–Crippen MR) is 76.3 cm³/mol. The van der Waals surface area contributed by atoms with E-state index in [0.717, 1.165) is 44.1 Å². The van der Waals surface area contributed by atoms with Crippen molar-refractivity contribution in [3.8, 4) is 0 Å². The number of hydrogen-bond acceptors (Lipinski definition) is 5. The van der Waals surface area contributed by atoms with Crippen molar-refractivity contribution < 1.29 is 14.0 Å². The zero-order chi connectivity index (χ0) is 14.4. The molecule has 1 aliphatic rings. The number of nitrogens with one attached hydrogen (secondary N) is 1. The van der Waals surface area contributed by atoms with E-state index in [1.54, 1.807) is 0 Å². The Hall–Kier alpha value is -0.910. The maximum Gasteiger partial charge on any atom is 0.162 e. The summed E-state index contributed by atoms with van der Waals surface area (Å²) >= 11 is 0. The highest BCUT2D eigenvalue weighted by Gasteiger charge is 2.15. The minimum absolute atomic E-state index is 0.0820. The number of nitrogens with zero attached hydrogens (tertiary/aromatic N) is 1. The van der Waals surface area contributed by atoms with Crippen LogP contribution in [0.4, 0.5) is 0 Å². The first-order chi connectivity index (χ1) is 9.53. The van der Waals surface area contributed by atoms with Gasteiger partial charge in [-0.2, -0.15) is 0 Å². The van der Waals surface area contributed by atoms with E-state index in [9.17, 15) is 0 Å². The molecule has 1 saturated heterocycles. The summed E-state index contributed by atoms with van der Waals surface area (Å²) in [5.41, 5.74) is 1.00. The Kier molecular flexibility index (Phi) is 5.57. The van der Waals surface area contributed by atoms with E-state index < -0.39 is 0 Å². The maximum absolute atomic E-state index is 5.71. The van der Waals surface area contributed by atoms with Gasteiger partial charge in [0.25, 0.3) is 0 Å². The molecule has 2 heterocycles. The second kappa shape index (κ2) is 7.20. The lowest BCUT2D eigenvalue weighted by atomic mass is 10.0. The first-order valence-electron chi connectivity index (χ1n) is 7.38. The molecular formula is C15H26N2O3. The van der Waals surface area contributed by atoms with Gasteiger partial charge in [0.15, 0.2) is 5.76 Å². The van der Waals surface area contributed by atoms with Gasteiger partial charge in [0.2, 0.25) is 0 Å². The normalized spacial score (nSPS) is 17.6. The summed E-state index contributed by atoms with van der Waals surface area (Å²) in [5, 5.41) is 7.43. The predicted octanol–water partition coefficient (Wildman–Crippen LogP) is 2.51. The molecule has 20 heavy (non-hydrogen) atoms. The Morgan fingerprint density at radius 1 is 1.35 bits per heavy atom. The molecule has 0 atom stereocenters. The molecule has 0 aromatic carbocycles. The van der Waals surface area contributed by atoms with Crippen LogP contribution in [0.2, 0.25) is 0 Å². The van der Waals surface area contributed by atoms with E-state index in [2.05, 4.69) is 31.2 Å². The summed E-state index contributed by atoms with van der Waals surface area (Å²) in [7, 11) is 0. The van der Waals surface area contributed by atoms with Crippen LogP contribution in [0.15, 0.2) is 10.6 Å². The molecule has 5 nitrogen and oxygen atoms in total. The van der Waals surface area contributed by atoms with Crippen molar-refractivity contribution in [2.75, 3.05) is 19.8 Å². The van der Waals surface area contributed by atoms with Gasteiger partial charge in [-0.3, -0.25) is 0 Å². The molecule has 5 heteroatoms. The first kappa shape index (κ1) is 15.5. The van der Waals surface area contributed by atoms with Crippen LogP contribution >= 0.6 is 0 Å². The minimum atomic E-state index is 0.0820. The zero-order valence-corrected chi connectivity index (χ0v) is 12.8. The first-order valence-corrected chi connectivity index (χ1v) is 7.38. The number of rotatable bonds is 6. The van der Waals surface area contributed by atoms with Crippen LogP contribution < -0.4 is 5.32 Å². The molecular weight excluding hydrogens is 256 g/mol. The molecule has 1 fully saturated rings. The molecule has 0 aliphatic carbocycles. The molecule has 114 valence electrons. The largest absolute Gasteiger partial charge is 0.381 e. The van der Waals surface area contributed by atoms with Crippen LogP contribution in [-0.4, -0.2) is 30.5 Å². The minimum Gasteiger partial charge on any atom is -0.381 e. The van der Waals surface area contributed by atoms with Crippen LogP contribution in [0.1, 0.15) is 45.1 Å². The van der Waals surface area contributed by atoms with Crippen molar-refractivity contribution in [3.63, 3.8) is 0 Å². The molecule has 0 amide bonds. The van der Waals surface area contributed by atoms with Crippen LogP contribution in [0.25, 0.3) is 0 Å². The van der Waals surface area contributed by atoms with Crippen molar-refractivity contribution in [2.45, 2.75) is 52.3 Å². The van der Waals surface area contributed by atoms with E-state index >= 15 is 0 Å². The molecule has 0 bridgehead atoms. The molecule has 2 rings (SSSR count). The quantitative estimate of drug-likeness (QED) is 0.869. The molecule has 1 aromatic rings. The van der Waals surface area contributed by atoms with Gasteiger partial charge < -0.3 is 19.3 Å². The molecule has 0 unspecified atom stereocenters. The fourth-order valence-electron chi connectivity index (χ4n) is 2.10. The highest BCUT2D eigenvalue weighted by Crippen LogP contribution is 2.16. The monoisotopic (exact) mass is 282 g/mol. The fourth-order valence-corrected chi connectivity index (χ4v) is 2.10. The Morgan fingerprint density at radius 2 is 2.10 bits per heavy atom. The van der Waals surface area contributed by atoms with Crippen molar-refractivity contribution in [1.29, 1.82) is 0 Å². The van der Waals surface area contributed by atoms with E-state index in [-0.39, 0.29) is 5.54 Å². The van der Waals surface area contributed by atoms with Crippen LogP contribution in [0, 0.1) is 5.92 Å². The Balaban J connectivity index is 1.67. The smallest absolute Gasteiger partial charge is 0.162 e. The van der Waals surface area contributed by atoms with E-state index in [1.807, 2.05) is 6.07 Å². The van der Waals surface area contributed by atoms with Crippen LogP contribution in [0.3, 0.4) is 0 Å². The van der Waals surface area contributed by atoms with Gasteiger partial charge in [-0.15, -0.1) is 0 Å². The standard InChI is InChI=1S/C15H26N2O3/c1-15(2,3)16-9-13-8-14(20-17-13)11-19-10-12-4-6-18-7-5-12/h8,12,16H,4-7,9-11H2,1-3H3. The molecule has 1 N–H and O–H groups in total. The summed E-state index contributed by atoms with van der Waals surface area (Å²) in [5.74, 6) is 1.41. The number of aromatic nitrogens is 1. The summed E-state index contributed by atoms with van der Waals surface area (Å²) in [6.45, 7) is 10.1. The van der Waals surface area contributed by atoms with E-state index in [0.29, 0.717) is 19.1 Å². The summed E-state index contributed by atoms with van der Waals surface area (Å²) < 4.78 is 16.3. The van der Waals surface area contributed by atoms with Gasteiger partial charge in [-0.05, 0) is 39.5 Å².